The third kappa shape index (κ3) is 5.45. The minimum Gasteiger partial charge on any atom is -0.456 e. The molecule has 4 nitrogen and oxygen atoms in total. The Bertz CT molecular complexity index is 2700. The van der Waals surface area contributed by atoms with Gasteiger partial charge in [-0.15, -0.1) is 0 Å². The maximum atomic E-state index is 6.59. The summed E-state index contributed by atoms with van der Waals surface area (Å²) < 4.78 is 6.59. The Morgan fingerprint density at radius 3 is 1.34 bits per heavy atom. The summed E-state index contributed by atoms with van der Waals surface area (Å²) in [5, 5.41) is 2.26. The van der Waals surface area contributed by atoms with Gasteiger partial charge in [-0.25, -0.2) is 15.0 Å². The summed E-state index contributed by atoms with van der Waals surface area (Å²) in [6.07, 6.45) is 0. The van der Waals surface area contributed by atoms with Crippen LogP contribution in [0.5, 0.6) is 11.5 Å². The number of rotatable bonds is 6. The molecule has 10 rings (SSSR count). The van der Waals surface area contributed by atoms with Crippen molar-refractivity contribution in [3.63, 3.8) is 0 Å². The molecule has 0 unspecified atom stereocenters. The molecular formula is C49H31N3O. The van der Waals surface area contributed by atoms with Gasteiger partial charge in [-0.2, -0.15) is 0 Å². The highest BCUT2D eigenvalue weighted by Crippen LogP contribution is 2.49. The molecule has 0 N–H and O–H groups in total. The summed E-state index contributed by atoms with van der Waals surface area (Å²) in [4.78, 5) is 15.7. The first-order chi connectivity index (χ1) is 26.3. The van der Waals surface area contributed by atoms with Gasteiger partial charge in [0.1, 0.15) is 11.5 Å². The molecule has 4 heteroatoms. The Hall–Kier alpha value is -7.17. The van der Waals surface area contributed by atoms with E-state index < -0.39 is 0 Å². The molecule has 0 aliphatic carbocycles. The minimum atomic E-state index is 0.592. The summed E-state index contributed by atoms with van der Waals surface area (Å²) in [5.74, 6) is 3.48. The molecule has 0 bridgehead atoms. The van der Waals surface area contributed by atoms with E-state index >= 15 is 0 Å². The van der Waals surface area contributed by atoms with Crippen LogP contribution in [-0.4, -0.2) is 15.0 Å². The van der Waals surface area contributed by atoms with Gasteiger partial charge in [0, 0.05) is 27.6 Å². The fourth-order valence-electron chi connectivity index (χ4n) is 7.48. The number of hydrogen-bond acceptors (Lipinski definition) is 4. The predicted molar refractivity (Wildman–Crippen MR) is 215 cm³/mol. The van der Waals surface area contributed by atoms with Gasteiger partial charge < -0.3 is 4.74 Å². The lowest BCUT2D eigenvalue weighted by molar-refractivity contribution is 0.487. The average Bonchev–Trinajstić information content (AvgIpc) is 3.24. The molecule has 0 atom stereocenters. The van der Waals surface area contributed by atoms with Crippen LogP contribution >= 0.6 is 0 Å². The zero-order chi connectivity index (χ0) is 35.1. The SMILES string of the molecule is c1ccc(-c2ccccc2-c2nc(-c3ccc4c(c3)-c3cccc5c(-c6ccccc6)ccc(c35)O4)nc(-c3ccccc3-c3ccccc3)n2)cc1. The molecular weight excluding hydrogens is 647 g/mol. The Morgan fingerprint density at radius 1 is 0.283 bits per heavy atom. The van der Waals surface area contributed by atoms with Crippen LogP contribution in [0.4, 0.5) is 0 Å². The second-order valence-corrected chi connectivity index (χ2v) is 13.1. The van der Waals surface area contributed by atoms with Crippen molar-refractivity contribution in [3.8, 4) is 90.2 Å². The Labute approximate surface area is 307 Å². The van der Waals surface area contributed by atoms with Crippen LogP contribution in [0, 0.1) is 0 Å². The van der Waals surface area contributed by atoms with Crippen molar-refractivity contribution in [1.82, 2.24) is 15.0 Å². The Morgan fingerprint density at radius 2 is 0.755 bits per heavy atom. The van der Waals surface area contributed by atoms with Crippen LogP contribution in [0.25, 0.3) is 89.4 Å². The summed E-state index contributed by atoms with van der Waals surface area (Å²) in [6.45, 7) is 0. The van der Waals surface area contributed by atoms with Crippen LogP contribution < -0.4 is 4.74 Å². The molecule has 0 saturated carbocycles. The number of benzene rings is 8. The zero-order valence-electron chi connectivity index (χ0n) is 28.6. The lowest BCUT2D eigenvalue weighted by atomic mass is 9.90. The van der Waals surface area contributed by atoms with E-state index in [0.29, 0.717) is 17.5 Å². The first-order valence-electron chi connectivity index (χ1n) is 17.8. The van der Waals surface area contributed by atoms with Gasteiger partial charge in [-0.05, 0) is 68.6 Å². The fraction of sp³-hybridized carbons (Fsp3) is 0. The van der Waals surface area contributed by atoms with Crippen LogP contribution in [-0.2, 0) is 0 Å². The highest BCUT2D eigenvalue weighted by Gasteiger charge is 2.24. The number of ether oxygens (including phenoxy) is 1. The van der Waals surface area contributed by atoms with Crippen molar-refractivity contribution < 1.29 is 4.74 Å². The summed E-state index contributed by atoms with van der Waals surface area (Å²) >= 11 is 0. The number of fused-ring (bicyclic) bond motifs is 2. The highest BCUT2D eigenvalue weighted by atomic mass is 16.5. The monoisotopic (exact) mass is 677 g/mol. The lowest BCUT2D eigenvalue weighted by Crippen LogP contribution is -2.03. The number of hydrogen-bond donors (Lipinski definition) is 0. The smallest absolute Gasteiger partial charge is 0.164 e. The average molecular weight is 678 g/mol. The zero-order valence-corrected chi connectivity index (χ0v) is 28.6. The number of aromatic nitrogens is 3. The van der Waals surface area contributed by atoms with E-state index in [1.54, 1.807) is 0 Å². The molecule has 0 radical (unpaired) electrons. The summed E-state index contributed by atoms with van der Waals surface area (Å²) in [7, 11) is 0. The molecule has 1 aliphatic rings. The maximum Gasteiger partial charge on any atom is 0.164 e. The molecule has 248 valence electrons. The van der Waals surface area contributed by atoms with Gasteiger partial charge in [-0.1, -0.05) is 164 Å². The van der Waals surface area contributed by atoms with Crippen molar-refractivity contribution in [2.75, 3.05) is 0 Å². The van der Waals surface area contributed by atoms with Crippen molar-refractivity contribution in [2.24, 2.45) is 0 Å². The van der Waals surface area contributed by atoms with Crippen molar-refractivity contribution in [1.29, 1.82) is 0 Å². The van der Waals surface area contributed by atoms with Gasteiger partial charge in [0.25, 0.3) is 0 Å². The van der Waals surface area contributed by atoms with Gasteiger partial charge in [0.2, 0.25) is 0 Å². The Balaban J connectivity index is 1.18. The molecule has 53 heavy (non-hydrogen) atoms. The second-order valence-electron chi connectivity index (χ2n) is 13.1. The van der Waals surface area contributed by atoms with E-state index in [2.05, 4.69) is 152 Å². The third-order valence-corrected chi connectivity index (χ3v) is 9.98. The third-order valence-electron chi connectivity index (χ3n) is 9.98. The molecule has 1 aliphatic heterocycles. The molecule has 9 aromatic rings. The lowest BCUT2D eigenvalue weighted by Gasteiger charge is -2.23. The van der Waals surface area contributed by atoms with Crippen molar-refractivity contribution >= 4 is 10.8 Å². The minimum absolute atomic E-state index is 0.592. The van der Waals surface area contributed by atoms with E-state index in [1.807, 2.05) is 36.4 Å². The van der Waals surface area contributed by atoms with E-state index in [-0.39, 0.29) is 0 Å². The largest absolute Gasteiger partial charge is 0.456 e. The number of nitrogens with zero attached hydrogens (tertiary/aromatic N) is 3. The highest BCUT2D eigenvalue weighted by molar-refractivity contribution is 6.10. The second kappa shape index (κ2) is 12.9. The van der Waals surface area contributed by atoms with E-state index in [4.69, 9.17) is 19.7 Å². The van der Waals surface area contributed by atoms with Crippen LogP contribution in [0.2, 0.25) is 0 Å². The van der Waals surface area contributed by atoms with Gasteiger partial charge in [-0.3, -0.25) is 0 Å². The fourth-order valence-corrected chi connectivity index (χ4v) is 7.48. The molecule has 8 aromatic carbocycles. The topological polar surface area (TPSA) is 47.9 Å². The molecule has 0 amide bonds. The van der Waals surface area contributed by atoms with Crippen LogP contribution in [0.1, 0.15) is 0 Å². The molecule has 2 heterocycles. The predicted octanol–water partition coefficient (Wildman–Crippen LogP) is 12.8. The van der Waals surface area contributed by atoms with Gasteiger partial charge in [0.05, 0.1) is 0 Å². The van der Waals surface area contributed by atoms with Crippen LogP contribution in [0.15, 0.2) is 188 Å². The summed E-state index contributed by atoms with van der Waals surface area (Å²) in [6, 6.07) is 65.0. The molecule has 0 fully saturated rings. The summed E-state index contributed by atoms with van der Waals surface area (Å²) in [5.41, 5.74) is 11.6. The standard InChI is InChI=1S/C49H31N3O/c1-4-15-32(16-5-1)36-21-10-12-23-41(36)48-50-47(51-49(52-48)42-24-13-11-22-37(42)33-17-6-2-7-18-33)35-27-29-44-43(31-35)40-26-14-25-39-38(34-19-8-3-9-20-34)28-30-45(53-44)46(39)40/h1-31H. The van der Waals surface area contributed by atoms with E-state index in [0.717, 1.165) is 72.3 Å². The molecule has 1 aromatic heterocycles. The first kappa shape index (κ1) is 30.6. The van der Waals surface area contributed by atoms with Gasteiger partial charge in [0.15, 0.2) is 17.5 Å². The van der Waals surface area contributed by atoms with Crippen molar-refractivity contribution in [3.05, 3.63) is 188 Å². The van der Waals surface area contributed by atoms with Crippen molar-refractivity contribution in [2.45, 2.75) is 0 Å². The molecule has 0 spiro atoms. The first-order valence-corrected chi connectivity index (χ1v) is 17.8. The van der Waals surface area contributed by atoms with E-state index in [9.17, 15) is 0 Å². The normalized spacial score (nSPS) is 11.5. The van der Waals surface area contributed by atoms with E-state index in [1.165, 1.54) is 11.1 Å². The quantitative estimate of drug-likeness (QED) is 0.176. The molecule has 0 saturated heterocycles. The maximum absolute atomic E-state index is 6.59. The van der Waals surface area contributed by atoms with Crippen LogP contribution in [0.3, 0.4) is 0 Å². The Kier molecular flexibility index (Phi) is 7.43. The van der Waals surface area contributed by atoms with Gasteiger partial charge >= 0.3 is 0 Å².